The van der Waals surface area contributed by atoms with Gasteiger partial charge in [0.15, 0.2) is 0 Å². The zero-order chi connectivity index (χ0) is 13.9. The molecule has 0 saturated carbocycles. The van der Waals surface area contributed by atoms with Crippen LogP contribution in [-0.4, -0.2) is 18.9 Å². The molecule has 1 aliphatic rings. The normalized spacial score (nSPS) is 20.3. The van der Waals surface area contributed by atoms with Gasteiger partial charge in [0.1, 0.15) is 11.6 Å². The Hall–Kier alpha value is -1.22. The molecule has 3 heteroatoms. The second-order valence-corrected chi connectivity index (χ2v) is 5.99. The summed E-state index contributed by atoms with van der Waals surface area (Å²) in [5.41, 5.74) is 0.574. The van der Waals surface area contributed by atoms with E-state index in [1.54, 1.807) is 12.1 Å². The van der Waals surface area contributed by atoms with E-state index in [-0.39, 0.29) is 17.0 Å². The summed E-state index contributed by atoms with van der Waals surface area (Å²) in [6.07, 6.45) is 2.64. The van der Waals surface area contributed by atoms with Gasteiger partial charge in [-0.05, 0) is 49.5 Å². The highest BCUT2D eigenvalue weighted by Gasteiger charge is 2.36. The fourth-order valence-corrected chi connectivity index (χ4v) is 2.71. The minimum atomic E-state index is -0.318. The first-order valence-corrected chi connectivity index (χ1v) is 6.98. The molecule has 1 unspecified atom stereocenters. The Labute approximate surface area is 114 Å². The molecular weight excluding hydrogens is 241 g/mol. The third-order valence-corrected chi connectivity index (χ3v) is 4.31. The molecule has 0 spiro atoms. The largest absolute Gasteiger partial charge is 0.316 e. The van der Waals surface area contributed by atoms with Crippen molar-refractivity contribution in [3.05, 3.63) is 35.6 Å². The predicted octanol–water partition coefficient (Wildman–Crippen LogP) is 2.96. The zero-order valence-corrected chi connectivity index (χ0v) is 11.7. The third-order valence-electron chi connectivity index (χ3n) is 4.31. The lowest BCUT2D eigenvalue weighted by Gasteiger charge is -2.36. The lowest BCUT2D eigenvalue weighted by atomic mass is 9.71. The molecule has 0 bridgehead atoms. The average molecular weight is 263 g/mol. The monoisotopic (exact) mass is 263 g/mol. The van der Waals surface area contributed by atoms with Gasteiger partial charge in [-0.1, -0.05) is 26.0 Å². The first-order valence-electron chi connectivity index (χ1n) is 6.98. The number of rotatable bonds is 4. The van der Waals surface area contributed by atoms with Crippen LogP contribution >= 0.6 is 0 Å². The van der Waals surface area contributed by atoms with Crippen molar-refractivity contribution in [2.24, 2.45) is 11.3 Å². The van der Waals surface area contributed by atoms with Gasteiger partial charge in [-0.25, -0.2) is 4.39 Å². The summed E-state index contributed by atoms with van der Waals surface area (Å²) < 4.78 is 12.9. The molecule has 2 rings (SSSR count). The van der Waals surface area contributed by atoms with E-state index < -0.39 is 0 Å². The number of carbonyl (C=O) groups is 1. The maximum Gasteiger partial charge on any atom is 0.143 e. The van der Waals surface area contributed by atoms with Crippen molar-refractivity contribution in [1.29, 1.82) is 0 Å². The number of nitrogens with one attached hydrogen (secondary N) is 1. The fraction of sp³-hybridized carbons (Fsp3) is 0.562. The Morgan fingerprint density at radius 3 is 2.63 bits per heavy atom. The summed E-state index contributed by atoms with van der Waals surface area (Å²) in [6, 6.07) is 6.22. The van der Waals surface area contributed by atoms with Crippen LogP contribution in [0.4, 0.5) is 4.39 Å². The van der Waals surface area contributed by atoms with Crippen LogP contribution in [0.3, 0.4) is 0 Å². The van der Waals surface area contributed by atoms with E-state index >= 15 is 0 Å². The van der Waals surface area contributed by atoms with E-state index in [0.29, 0.717) is 12.3 Å². The molecule has 1 heterocycles. The Bertz CT molecular complexity index is 433. The molecule has 0 radical (unpaired) electrons. The molecule has 1 atom stereocenters. The zero-order valence-electron chi connectivity index (χ0n) is 11.7. The molecule has 1 aromatic rings. The second-order valence-electron chi connectivity index (χ2n) is 5.99. The minimum absolute atomic E-state index is 0.243. The summed E-state index contributed by atoms with van der Waals surface area (Å²) in [5.74, 6) is 0.383. The van der Waals surface area contributed by atoms with Gasteiger partial charge in [-0.3, -0.25) is 4.79 Å². The summed E-state index contributed by atoms with van der Waals surface area (Å²) >= 11 is 0. The number of carbonyl (C=O) groups excluding carboxylic acids is 1. The number of halogens is 1. The van der Waals surface area contributed by atoms with Crippen molar-refractivity contribution < 1.29 is 9.18 Å². The smallest absolute Gasteiger partial charge is 0.143 e. The van der Waals surface area contributed by atoms with Gasteiger partial charge in [0, 0.05) is 11.8 Å². The van der Waals surface area contributed by atoms with Crippen molar-refractivity contribution in [3.8, 4) is 0 Å². The van der Waals surface area contributed by atoms with E-state index in [4.69, 9.17) is 0 Å². The van der Waals surface area contributed by atoms with Crippen LogP contribution in [0.25, 0.3) is 0 Å². The Balaban J connectivity index is 2.03. The van der Waals surface area contributed by atoms with Crippen LogP contribution in [0.2, 0.25) is 0 Å². The molecule has 19 heavy (non-hydrogen) atoms. The SMILES string of the molecule is CC(C)(C(=O)Cc1ccc(F)cc1)C1CCCNC1. The maximum atomic E-state index is 12.9. The lowest BCUT2D eigenvalue weighted by Crippen LogP contribution is -2.43. The van der Waals surface area contributed by atoms with Gasteiger partial charge in [0.2, 0.25) is 0 Å². The molecule has 0 aromatic heterocycles. The van der Waals surface area contributed by atoms with Crippen molar-refractivity contribution in [2.75, 3.05) is 13.1 Å². The molecule has 1 aliphatic heterocycles. The highest BCUT2D eigenvalue weighted by atomic mass is 19.1. The Morgan fingerprint density at radius 1 is 1.37 bits per heavy atom. The molecule has 1 fully saturated rings. The second kappa shape index (κ2) is 5.83. The van der Waals surface area contributed by atoms with Gasteiger partial charge in [0.05, 0.1) is 0 Å². The average Bonchev–Trinajstić information content (AvgIpc) is 2.42. The molecule has 1 saturated heterocycles. The number of hydrogen-bond acceptors (Lipinski definition) is 2. The van der Waals surface area contributed by atoms with Crippen molar-refractivity contribution in [3.63, 3.8) is 0 Å². The fourth-order valence-electron chi connectivity index (χ4n) is 2.71. The number of benzene rings is 1. The van der Waals surface area contributed by atoms with E-state index in [2.05, 4.69) is 5.32 Å². The van der Waals surface area contributed by atoms with Crippen LogP contribution in [0.1, 0.15) is 32.3 Å². The van der Waals surface area contributed by atoms with Gasteiger partial charge in [-0.2, -0.15) is 0 Å². The third kappa shape index (κ3) is 3.41. The topological polar surface area (TPSA) is 29.1 Å². The van der Waals surface area contributed by atoms with Crippen molar-refractivity contribution in [2.45, 2.75) is 33.1 Å². The minimum Gasteiger partial charge on any atom is -0.316 e. The van der Waals surface area contributed by atoms with E-state index in [1.807, 2.05) is 13.8 Å². The highest BCUT2D eigenvalue weighted by Crippen LogP contribution is 2.33. The van der Waals surface area contributed by atoms with Crippen LogP contribution in [0.5, 0.6) is 0 Å². The van der Waals surface area contributed by atoms with Crippen molar-refractivity contribution >= 4 is 5.78 Å². The van der Waals surface area contributed by atoms with Crippen LogP contribution in [0.15, 0.2) is 24.3 Å². The van der Waals surface area contributed by atoms with E-state index in [9.17, 15) is 9.18 Å². The number of Topliss-reactive ketones (excluding diaryl/α,β-unsaturated/α-hetero) is 1. The van der Waals surface area contributed by atoms with Crippen LogP contribution in [-0.2, 0) is 11.2 Å². The quantitative estimate of drug-likeness (QED) is 0.905. The maximum absolute atomic E-state index is 12.9. The highest BCUT2D eigenvalue weighted by molar-refractivity contribution is 5.86. The Kier molecular flexibility index (Phi) is 4.35. The molecule has 1 N–H and O–H groups in total. The summed E-state index contributed by atoms with van der Waals surface area (Å²) in [6.45, 7) is 6.05. The van der Waals surface area contributed by atoms with Gasteiger partial charge < -0.3 is 5.32 Å². The van der Waals surface area contributed by atoms with Crippen LogP contribution < -0.4 is 5.32 Å². The summed E-state index contributed by atoms with van der Waals surface area (Å²) in [4.78, 5) is 12.5. The van der Waals surface area contributed by atoms with E-state index in [1.165, 1.54) is 12.1 Å². The molecule has 0 aliphatic carbocycles. The molecule has 0 amide bonds. The van der Waals surface area contributed by atoms with Gasteiger partial charge in [-0.15, -0.1) is 0 Å². The molecule has 104 valence electrons. The molecular formula is C16H22FNO. The number of hydrogen-bond donors (Lipinski definition) is 1. The van der Waals surface area contributed by atoms with Crippen molar-refractivity contribution in [1.82, 2.24) is 5.32 Å². The van der Waals surface area contributed by atoms with Gasteiger partial charge in [0.25, 0.3) is 0 Å². The molecule has 1 aromatic carbocycles. The number of ketones is 1. The van der Waals surface area contributed by atoms with Crippen LogP contribution in [0, 0.1) is 17.2 Å². The Morgan fingerprint density at radius 2 is 2.05 bits per heavy atom. The summed E-state index contributed by atoms with van der Waals surface area (Å²) in [7, 11) is 0. The summed E-state index contributed by atoms with van der Waals surface area (Å²) in [5, 5.41) is 3.37. The van der Waals surface area contributed by atoms with Gasteiger partial charge >= 0.3 is 0 Å². The number of piperidine rings is 1. The predicted molar refractivity (Wildman–Crippen MR) is 74.5 cm³/mol. The first-order chi connectivity index (χ1) is 9.00. The lowest BCUT2D eigenvalue weighted by molar-refractivity contribution is -0.129. The standard InChI is InChI=1S/C16H22FNO/c1-16(2,13-4-3-9-18-11-13)15(19)10-12-5-7-14(17)8-6-12/h5-8,13,18H,3-4,9-11H2,1-2H3. The van der Waals surface area contributed by atoms with E-state index in [0.717, 1.165) is 31.5 Å². The first kappa shape index (κ1) is 14.2. The molecule has 2 nitrogen and oxygen atoms in total.